The molecular formula is C21H27N2O5. The first-order valence-corrected chi connectivity index (χ1v) is 9.18. The number of rotatable bonds is 10. The van der Waals surface area contributed by atoms with E-state index in [1.165, 1.54) is 6.92 Å². The molecule has 1 unspecified atom stereocenters. The van der Waals surface area contributed by atoms with Gasteiger partial charge in [0.15, 0.2) is 0 Å². The molecule has 0 saturated carbocycles. The van der Waals surface area contributed by atoms with Crippen LogP contribution < -0.4 is 11.2 Å². The molecule has 0 spiro atoms. The Balaban J connectivity index is 1.93. The number of hydrogen-bond donors (Lipinski definition) is 5. The molecule has 3 atom stereocenters. The number of nitrogens with two attached hydrogens (primary N) is 1. The second kappa shape index (κ2) is 9.64. The number of carbonyl (C=O) groups excluding carboxylic acids is 2. The van der Waals surface area contributed by atoms with Crippen LogP contribution >= 0.6 is 0 Å². The topological polar surface area (TPSA) is 133 Å². The van der Waals surface area contributed by atoms with Crippen molar-refractivity contribution in [3.05, 3.63) is 54.4 Å². The number of aliphatic hydroxyl groups is 2. The van der Waals surface area contributed by atoms with Crippen molar-refractivity contribution >= 4 is 22.6 Å². The zero-order valence-electron chi connectivity index (χ0n) is 15.8. The Bertz CT molecular complexity index is 821. The number of hydroxylamine groups is 1. The minimum Gasteiger partial charge on any atom is -0.393 e. The highest BCUT2D eigenvalue weighted by Gasteiger charge is 2.31. The molecule has 2 aromatic carbocycles. The smallest absolute Gasteiger partial charge is 0.249 e. The van der Waals surface area contributed by atoms with Crippen LogP contribution in [0.5, 0.6) is 0 Å². The number of fused-ring (bicyclic) bond motifs is 1. The molecule has 7 nitrogen and oxygen atoms in total. The van der Waals surface area contributed by atoms with Crippen LogP contribution in [0.4, 0.5) is 0 Å². The summed E-state index contributed by atoms with van der Waals surface area (Å²) in [7, 11) is 0. The van der Waals surface area contributed by atoms with Gasteiger partial charge in [-0.25, -0.2) is 5.48 Å². The van der Waals surface area contributed by atoms with Crippen LogP contribution in [-0.4, -0.2) is 38.9 Å². The fourth-order valence-corrected chi connectivity index (χ4v) is 3.05. The SMILES string of the molecule is CC(O)(CC[C@H](C[C@@H](O)[CH]Cc1ccc2ccccc2c1)C(=O)NO)C(N)=O. The molecule has 0 saturated heterocycles. The fourth-order valence-electron chi connectivity index (χ4n) is 3.05. The number of primary amides is 1. The maximum Gasteiger partial charge on any atom is 0.249 e. The second-order valence-electron chi connectivity index (χ2n) is 7.27. The highest BCUT2D eigenvalue weighted by Crippen LogP contribution is 2.22. The summed E-state index contributed by atoms with van der Waals surface area (Å²) in [5, 5.41) is 31.4. The Morgan fingerprint density at radius 3 is 2.54 bits per heavy atom. The average molecular weight is 387 g/mol. The Kier molecular flexibility index (Phi) is 7.51. The molecule has 0 aliphatic carbocycles. The third kappa shape index (κ3) is 6.02. The first-order valence-electron chi connectivity index (χ1n) is 9.18. The molecule has 2 amide bonds. The third-order valence-corrected chi connectivity index (χ3v) is 4.96. The van der Waals surface area contributed by atoms with Gasteiger partial charge in [0.25, 0.3) is 0 Å². The van der Waals surface area contributed by atoms with Gasteiger partial charge in [0.1, 0.15) is 5.60 Å². The highest BCUT2D eigenvalue weighted by atomic mass is 16.5. The Hall–Kier alpha value is -2.48. The maximum atomic E-state index is 11.9. The number of carbonyl (C=O) groups is 2. The van der Waals surface area contributed by atoms with Crippen molar-refractivity contribution in [3.8, 4) is 0 Å². The van der Waals surface area contributed by atoms with Gasteiger partial charge >= 0.3 is 0 Å². The zero-order valence-corrected chi connectivity index (χ0v) is 15.8. The molecule has 0 aromatic heterocycles. The maximum absolute atomic E-state index is 11.9. The van der Waals surface area contributed by atoms with Crippen LogP contribution in [0.1, 0.15) is 31.7 Å². The number of nitrogens with one attached hydrogen (secondary N) is 1. The Labute approximate surface area is 164 Å². The highest BCUT2D eigenvalue weighted by molar-refractivity contribution is 5.83. The molecule has 2 aromatic rings. The Morgan fingerprint density at radius 2 is 1.89 bits per heavy atom. The largest absolute Gasteiger partial charge is 0.393 e. The van der Waals surface area contributed by atoms with Gasteiger partial charge in [-0.15, -0.1) is 0 Å². The second-order valence-corrected chi connectivity index (χ2v) is 7.27. The summed E-state index contributed by atoms with van der Waals surface area (Å²) in [4.78, 5) is 23.1. The van der Waals surface area contributed by atoms with Crippen molar-refractivity contribution in [1.29, 1.82) is 0 Å². The van der Waals surface area contributed by atoms with Gasteiger partial charge in [0.05, 0.1) is 6.10 Å². The molecule has 28 heavy (non-hydrogen) atoms. The van der Waals surface area contributed by atoms with Gasteiger partial charge in [-0.2, -0.15) is 0 Å². The van der Waals surface area contributed by atoms with E-state index < -0.39 is 29.4 Å². The molecule has 7 heteroatoms. The molecule has 1 radical (unpaired) electrons. The molecule has 151 valence electrons. The van der Waals surface area contributed by atoms with E-state index in [1.54, 1.807) is 11.9 Å². The molecular weight excluding hydrogens is 360 g/mol. The van der Waals surface area contributed by atoms with E-state index in [0.717, 1.165) is 16.3 Å². The minimum absolute atomic E-state index is 0.0504. The molecule has 0 fully saturated rings. The van der Waals surface area contributed by atoms with E-state index in [9.17, 15) is 19.8 Å². The van der Waals surface area contributed by atoms with Gasteiger partial charge in [0, 0.05) is 5.92 Å². The molecule has 0 aliphatic rings. The molecule has 6 N–H and O–H groups in total. The number of benzene rings is 2. The van der Waals surface area contributed by atoms with Crippen molar-refractivity contribution in [3.63, 3.8) is 0 Å². The summed E-state index contributed by atoms with van der Waals surface area (Å²) in [6.45, 7) is 1.27. The van der Waals surface area contributed by atoms with Gasteiger partial charge in [-0.3, -0.25) is 14.8 Å². The summed E-state index contributed by atoms with van der Waals surface area (Å²) < 4.78 is 0. The van der Waals surface area contributed by atoms with Gasteiger partial charge in [-0.1, -0.05) is 42.5 Å². The van der Waals surface area contributed by atoms with E-state index in [4.69, 9.17) is 10.9 Å². The van der Waals surface area contributed by atoms with Crippen LogP contribution in [0.2, 0.25) is 0 Å². The molecule has 0 heterocycles. The van der Waals surface area contributed by atoms with Crippen LogP contribution in [0.25, 0.3) is 10.8 Å². The number of hydrogen-bond acceptors (Lipinski definition) is 5. The van der Waals surface area contributed by atoms with Crippen LogP contribution in [0, 0.1) is 12.3 Å². The normalized spacial score (nSPS) is 15.6. The lowest BCUT2D eigenvalue weighted by atomic mass is 9.88. The summed E-state index contributed by atoms with van der Waals surface area (Å²) in [6.07, 6.45) is 1.38. The average Bonchev–Trinajstić information content (AvgIpc) is 2.68. The quantitative estimate of drug-likeness (QED) is 0.311. The first-order chi connectivity index (χ1) is 13.2. The van der Waals surface area contributed by atoms with Crippen LogP contribution in [-0.2, 0) is 16.0 Å². The number of amides is 2. The van der Waals surface area contributed by atoms with E-state index in [0.29, 0.717) is 6.42 Å². The summed E-state index contributed by atoms with van der Waals surface area (Å²) in [5.41, 5.74) is 5.96. The first kappa shape index (κ1) is 21.8. The monoisotopic (exact) mass is 387 g/mol. The Morgan fingerprint density at radius 1 is 1.21 bits per heavy atom. The lowest BCUT2D eigenvalue weighted by molar-refractivity contribution is -0.138. The fraction of sp³-hybridized carbons (Fsp3) is 0.381. The van der Waals surface area contributed by atoms with E-state index >= 15 is 0 Å². The van der Waals surface area contributed by atoms with E-state index in [-0.39, 0.29) is 19.3 Å². The van der Waals surface area contributed by atoms with Crippen LogP contribution in [0.3, 0.4) is 0 Å². The van der Waals surface area contributed by atoms with Gasteiger partial charge in [-0.05, 0) is 55.4 Å². The van der Waals surface area contributed by atoms with Gasteiger partial charge in [0.2, 0.25) is 11.8 Å². The van der Waals surface area contributed by atoms with Crippen molar-refractivity contribution in [2.75, 3.05) is 0 Å². The summed E-state index contributed by atoms with van der Waals surface area (Å²) in [6, 6.07) is 14.0. The van der Waals surface area contributed by atoms with Crippen molar-refractivity contribution in [2.24, 2.45) is 11.7 Å². The lowest BCUT2D eigenvalue weighted by Gasteiger charge is -2.23. The lowest BCUT2D eigenvalue weighted by Crippen LogP contribution is -2.42. The zero-order chi connectivity index (χ0) is 20.7. The predicted octanol–water partition coefficient (Wildman–Crippen LogP) is 1.48. The minimum atomic E-state index is -1.76. The molecule has 0 aliphatic heterocycles. The third-order valence-electron chi connectivity index (χ3n) is 4.96. The van der Waals surface area contributed by atoms with Crippen molar-refractivity contribution in [1.82, 2.24) is 5.48 Å². The summed E-state index contributed by atoms with van der Waals surface area (Å²) >= 11 is 0. The predicted molar refractivity (Wildman–Crippen MR) is 105 cm³/mol. The summed E-state index contributed by atoms with van der Waals surface area (Å²) in [5.74, 6) is -2.35. The van der Waals surface area contributed by atoms with Crippen molar-refractivity contribution < 1.29 is 25.0 Å². The van der Waals surface area contributed by atoms with Gasteiger partial charge < -0.3 is 15.9 Å². The van der Waals surface area contributed by atoms with Crippen LogP contribution in [0.15, 0.2) is 42.5 Å². The van der Waals surface area contributed by atoms with E-state index in [1.807, 2.05) is 42.5 Å². The molecule has 2 rings (SSSR count). The standard InChI is InChI=1S/C21H27N2O5/c1-21(27,20(22)26)11-10-17(19(25)23-28)13-18(24)9-7-14-6-8-15-4-2-3-5-16(15)12-14/h2-6,8-9,12,17-18,24,27-28H,7,10-11,13H2,1H3,(H2,22,26)(H,23,25)/t17-,18+,21?/m1/s1. The number of aliphatic hydroxyl groups excluding tert-OH is 1. The van der Waals surface area contributed by atoms with E-state index in [2.05, 4.69) is 0 Å². The molecule has 0 bridgehead atoms. The van der Waals surface area contributed by atoms with Crippen molar-refractivity contribution in [2.45, 2.75) is 44.3 Å².